The molecule has 0 unspecified atom stereocenters. The van der Waals surface area contributed by atoms with E-state index in [9.17, 15) is 0 Å². The molecule has 0 atom stereocenters. The molecular weight excluding hydrogens is 346 g/mol. The van der Waals surface area contributed by atoms with E-state index in [-0.39, 0.29) is 12.9 Å². The second kappa shape index (κ2) is 7.36. The molecule has 8 heteroatoms. The van der Waals surface area contributed by atoms with Gasteiger partial charge in [0.05, 0.1) is 18.0 Å². The maximum atomic E-state index is 5.81. The van der Waals surface area contributed by atoms with Crippen molar-refractivity contribution < 1.29 is 14.2 Å². The molecule has 0 bridgehead atoms. The molecule has 4 rings (SSSR count). The van der Waals surface area contributed by atoms with E-state index >= 15 is 0 Å². The van der Waals surface area contributed by atoms with Gasteiger partial charge in [-0.05, 0) is 38.1 Å². The highest BCUT2D eigenvalue weighted by Gasteiger charge is 2.14. The van der Waals surface area contributed by atoms with Gasteiger partial charge in [0, 0.05) is 11.8 Å². The number of anilines is 4. The minimum Gasteiger partial charge on any atom is -0.489 e. The van der Waals surface area contributed by atoms with Crippen molar-refractivity contribution in [2.24, 2.45) is 0 Å². The van der Waals surface area contributed by atoms with Gasteiger partial charge in [-0.25, -0.2) is 0 Å². The molecule has 3 aromatic rings. The second-order valence-electron chi connectivity index (χ2n) is 6.15. The molecule has 0 aliphatic carbocycles. The highest BCUT2D eigenvalue weighted by Crippen LogP contribution is 2.35. The summed E-state index contributed by atoms with van der Waals surface area (Å²) >= 11 is 0. The molecular formula is C19H19N5O3. The lowest BCUT2D eigenvalue weighted by molar-refractivity contribution is 0.174. The van der Waals surface area contributed by atoms with Gasteiger partial charge in [-0.15, -0.1) is 5.10 Å². The lowest BCUT2D eigenvalue weighted by atomic mass is 10.3. The Kier molecular flexibility index (Phi) is 4.61. The fourth-order valence-electron chi connectivity index (χ4n) is 2.59. The lowest BCUT2D eigenvalue weighted by Crippen LogP contribution is -2.08. The first-order chi connectivity index (χ1) is 13.2. The number of rotatable bonds is 6. The third-order valence-corrected chi connectivity index (χ3v) is 3.70. The topological polar surface area (TPSA) is 90.4 Å². The zero-order chi connectivity index (χ0) is 18.6. The van der Waals surface area contributed by atoms with Gasteiger partial charge < -0.3 is 24.8 Å². The summed E-state index contributed by atoms with van der Waals surface area (Å²) in [5.74, 6) is 3.06. The van der Waals surface area contributed by atoms with Crippen molar-refractivity contribution in [3.63, 3.8) is 0 Å². The Hall–Kier alpha value is -3.55. The van der Waals surface area contributed by atoms with E-state index in [0.717, 1.165) is 22.9 Å². The van der Waals surface area contributed by atoms with Gasteiger partial charge in [0.2, 0.25) is 12.7 Å². The summed E-state index contributed by atoms with van der Waals surface area (Å²) in [6.07, 6.45) is 1.61. The highest BCUT2D eigenvalue weighted by molar-refractivity contribution is 5.65. The molecule has 0 amide bonds. The Bertz CT molecular complexity index is 948. The van der Waals surface area contributed by atoms with Gasteiger partial charge in [0.25, 0.3) is 0 Å². The third-order valence-electron chi connectivity index (χ3n) is 3.70. The van der Waals surface area contributed by atoms with Crippen molar-refractivity contribution in [2.45, 2.75) is 20.0 Å². The van der Waals surface area contributed by atoms with E-state index in [0.29, 0.717) is 17.5 Å². The standard InChI is InChI=1S/C19H19N5O3/c1-12(2)27-15-6-4-3-5-14(15)22-19-23-18(10-20-24-19)21-13-7-8-16-17(9-13)26-11-25-16/h3-10,12H,11H2,1-2H3,(H2,21,22,23,24). The SMILES string of the molecule is CC(C)Oc1ccccc1Nc1nncc(Nc2ccc3c(c2)OCO3)n1. The van der Waals surface area contributed by atoms with Crippen molar-refractivity contribution in [2.75, 3.05) is 17.4 Å². The predicted octanol–water partition coefficient (Wildman–Crippen LogP) is 3.87. The summed E-state index contributed by atoms with van der Waals surface area (Å²) in [4.78, 5) is 4.45. The number of para-hydroxylation sites is 2. The molecule has 138 valence electrons. The average molecular weight is 365 g/mol. The monoisotopic (exact) mass is 365 g/mol. The first kappa shape index (κ1) is 16.9. The first-order valence-electron chi connectivity index (χ1n) is 8.56. The molecule has 2 N–H and O–H groups in total. The smallest absolute Gasteiger partial charge is 0.249 e. The van der Waals surface area contributed by atoms with Crippen LogP contribution >= 0.6 is 0 Å². The summed E-state index contributed by atoms with van der Waals surface area (Å²) in [6.45, 7) is 4.19. The van der Waals surface area contributed by atoms with Gasteiger partial charge in [0.1, 0.15) is 5.75 Å². The molecule has 0 saturated heterocycles. The Labute approximate surface area is 156 Å². The normalized spacial score (nSPS) is 12.1. The van der Waals surface area contributed by atoms with Crippen LogP contribution < -0.4 is 24.8 Å². The van der Waals surface area contributed by atoms with Crippen LogP contribution in [0.25, 0.3) is 0 Å². The van der Waals surface area contributed by atoms with Crippen LogP contribution in [-0.4, -0.2) is 28.1 Å². The number of ether oxygens (including phenoxy) is 3. The van der Waals surface area contributed by atoms with Gasteiger partial charge in [0.15, 0.2) is 17.3 Å². The zero-order valence-electron chi connectivity index (χ0n) is 15.0. The maximum Gasteiger partial charge on any atom is 0.249 e. The molecule has 8 nitrogen and oxygen atoms in total. The van der Waals surface area contributed by atoms with Crippen LogP contribution in [0.2, 0.25) is 0 Å². The van der Waals surface area contributed by atoms with Gasteiger partial charge >= 0.3 is 0 Å². The number of benzene rings is 2. The Morgan fingerprint density at radius 3 is 2.78 bits per heavy atom. The average Bonchev–Trinajstić information content (AvgIpc) is 3.11. The number of hydrogen-bond donors (Lipinski definition) is 2. The molecule has 27 heavy (non-hydrogen) atoms. The number of nitrogens with zero attached hydrogens (tertiary/aromatic N) is 3. The Morgan fingerprint density at radius 1 is 1.04 bits per heavy atom. The van der Waals surface area contributed by atoms with Crippen molar-refractivity contribution in [3.05, 3.63) is 48.7 Å². The van der Waals surface area contributed by atoms with Gasteiger partial charge in [-0.2, -0.15) is 10.1 Å². The van der Waals surface area contributed by atoms with E-state index < -0.39 is 0 Å². The predicted molar refractivity (Wildman–Crippen MR) is 101 cm³/mol. The summed E-state index contributed by atoms with van der Waals surface area (Å²) in [5, 5.41) is 14.4. The molecule has 2 heterocycles. The number of fused-ring (bicyclic) bond motifs is 1. The van der Waals surface area contributed by atoms with Crippen molar-refractivity contribution in [1.29, 1.82) is 0 Å². The van der Waals surface area contributed by atoms with Crippen LogP contribution in [-0.2, 0) is 0 Å². The summed E-state index contributed by atoms with van der Waals surface area (Å²) in [5.41, 5.74) is 1.59. The molecule has 1 aromatic heterocycles. The van der Waals surface area contributed by atoms with Crippen molar-refractivity contribution in [1.82, 2.24) is 15.2 Å². The second-order valence-corrected chi connectivity index (χ2v) is 6.15. The zero-order valence-corrected chi connectivity index (χ0v) is 15.0. The van der Waals surface area contributed by atoms with Crippen LogP contribution in [0, 0.1) is 0 Å². The Balaban J connectivity index is 1.51. The van der Waals surface area contributed by atoms with E-state index in [1.807, 2.05) is 56.3 Å². The van der Waals surface area contributed by atoms with Crippen LogP contribution in [0.15, 0.2) is 48.7 Å². The van der Waals surface area contributed by atoms with E-state index in [4.69, 9.17) is 14.2 Å². The van der Waals surface area contributed by atoms with Crippen molar-refractivity contribution >= 4 is 23.1 Å². The minimum atomic E-state index is 0.0611. The van der Waals surface area contributed by atoms with Crippen LogP contribution in [0.1, 0.15) is 13.8 Å². The molecule has 0 fully saturated rings. The fraction of sp³-hybridized carbons (Fsp3) is 0.211. The minimum absolute atomic E-state index is 0.0611. The molecule has 0 spiro atoms. The van der Waals surface area contributed by atoms with E-state index in [1.54, 1.807) is 6.20 Å². The van der Waals surface area contributed by atoms with Gasteiger partial charge in [-0.3, -0.25) is 0 Å². The Morgan fingerprint density at radius 2 is 1.89 bits per heavy atom. The van der Waals surface area contributed by atoms with Crippen LogP contribution in [0.5, 0.6) is 17.2 Å². The van der Waals surface area contributed by atoms with E-state index in [2.05, 4.69) is 25.8 Å². The first-order valence-corrected chi connectivity index (χ1v) is 8.56. The highest BCUT2D eigenvalue weighted by atomic mass is 16.7. The van der Waals surface area contributed by atoms with E-state index in [1.165, 1.54) is 0 Å². The quantitative estimate of drug-likeness (QED) is 0.680. The molecule has 2 aromatic carbocycles. The summed E-state index contributed by atoms with van der Waals surface area (Å²) in [6, 6.07) is 13.2. The molecule has 0 saturated carbocycles. The molecule has 1 aliphatic rings. The van der Waals surface area contributed by atoms with Crippen molar-refractivity contribution in [3.8, 4) is 17.2 Å². The number of aromatic nitrogens is 3. The molecule has 0 radical (unpaired) electrons. The largest absolute Gasteiger partial charge is 0.489 e. The van der Waals surface area contributed by atoms with Gasteiger partial charge in [-0.1, -0.05) is 12.1 Å². The number of hydrogen-bond acceptors (Lipinski definition) is 8. The third kappa shape index (κ3) is 4.00. The summed E-state index contributed by atoms with van der Waals surface area (Å²) in [7, 11) is 0. The maximum absolute atomic E-state index is 5.81. The number of nitrogens with one attached hydrogen (secondary N) is 2. The van der Waals surface area contributed by atoms with Crippen LogP contribution in [0.3, 0.4) is 0 Å². The lowest BCUT2D eigenvalue weighted by Gasteiger charge is -2.14. The van der Waals surface area contributed by atoms with Crippen LogP contribution in [0.4, 0.5) is 23.1 Å². The fourth-order valence-corrected chi connectivity index (χ4v) is 2.59. The molecule has 1 aliphatic heterocycles. The summed E-state index contributed by atoms with van der Waals surface area (Å²) < 4.78 is 16.5.